The predicted molar refractivity (Wildman–Crippen MR) is 127 cm³/mol. The summed E-state index contributed by atoms with van der Waals surface area (Å²) in [6, 6.07) is 9.88. The molecule has 0 bridgehead atoms. The van der Waals surface area contributed by atoms with Crippen LogP contribution in [-0.2, 0) is 10.0 Å². The summed E-state index contributed by atoms with van der Waals surface area (Å²) in [6.45, 7) is 7.18. The molecule has 0 radical (unpaired) electrons. The minimum absolute atomic E-state index is 0.204. The second kappa shape index (κ2) is 8.80. The third-order valence-corrected chi connectivity index (χ3v) is 8.69. The number of benzene rings is 2. The number of carbonyl (C=O) groups is 1. The number of ether oxygens (including phenoxy) is 1. The Bertz CT molecular complexity index is 1240. The highest BCUT2D eigenvalue weighted by molar-refractivity contribution is 7.89. The van der Waals surface area contributed by atoms with Crippen LogP contribution < -0.4 is 10.1 Å². The van der Waals surface area contributed by atoms with E-state index in [9.17, 15) is 13.2 Å². The Morgan fingerprint density at radius 2 is 1.78 bits per heavy atom. The number of fused-ring (bicyclic) bond motifs is 1. The van der Waals surface area contributed by atoms with Crippen LogP contribution in [0.15, 0.2) is 41.3 Å². The van der Waals surface area contributed by atoms with E-state index in [0.717, 1.165) is 16.7 Å². The summed E-state index contributed by atoms with van der Waals surface area (Å²) in [7, 11) is -2.00. The SMILES string of the molecule is COc1ccc(C)c2sc(NC(=O)c3ccc(S(=O)(=O)N4C[C@@H](C)C[C@H](C)C4)cc3)nc12. The molecule has 1 aliphatic rings. The average molecular weight is 474 g/mol. The molecular weight excluding hydrogens is 446 g/mol. The first-order valence-corrected chi connectivity index (χ1v) is 12.8. The zero-order chi connectivity index (χ0) is 23.0. The molecule has 1 aromatic heterocycles. The van der Waals surface area contributed by atoms with Gasteiger partial charge in [0.25, 0.3) is 5.91 Å². The molecule has 0 saturated carbocycles. The standard InChI is InChI=1S/C23H27N3O4S2/c1-14-11-15(2)13-26(12-14)32(28,29)18-8-6-17(7-9-18)22(27)25-23-24-20-19(30-4)10-5-16(3)21(20)31-23/h5-10,14-15H,11-13H2,1-4H3,(H,24,25,27)/t14-,15-/m0/s1. The van der Waals surface area contributed by atoms with E-state index in [0.29, 0.717) is 46.9 Å². The average Bonchev–Trinajstić information content (AvgIpc) is 3.18. The summed E-state index contributed by atoms with van der Waals surface area (Å²) in [4.78, 5) is 17.4. The Labute approximate surface area is 192 Å². The Kier molecular flexibility index (Phi) is 6.24. The zero-order valence-corrected chi connectivity index (χ0v) is 20.2. The molecule has 0 spiro atoms. The van der Waals surface area contributed by atoms with Crippen LogP contribution in [0.5, 0.6) is 5.75 Å². The zero-order valence-electron chi connectivity index (χ0n) is 18.6. The van der Waals surface area contributed by atoms with E-state index in [2.05, 4.69) is 24.1 Å². The number of methoxy groups -OCH3 is 1. The fourth-order valence-corrected chi connectivity index (χ4v) is 6.85. The van der Waals surface area contributed by atoms with Gasteiger partial charge in [-0.1, -0.05) is 31.3 Å². The molecule has 32 heavy (non-hydrogen) atoms. The van der Waals surface area contributed by atoms with Crippen LogP contribution in [0, 0.1) is 18.8 Å². The van der Waals surface area contributed by atoms with Gasteiger partial charge < -0.3 is 4.74 Å². The van der Waals surface area contributed by atoms with Crippen molar-refractivity contribution in [2.75, 3.05) is 25.5 Å². The molecule has 0 aliphatic carbocycles. The highest BCUT2D eigenvalue weighted by Gasteiger charge is 2.31. The second-order valence-electron chi connectivity index (χ2n) is 8.53. The maximum Gasteiger partial charge on any atom is 0.257 e. The number of carbonyl (C=O) groups excluding carboxylic acids is 1. The van der Waals surface area contributed by atoms with Crippen LogP contribution in [0.4, 0.5) is 5.13 Å². The molecule has 1 aliphatic heterocycles. The molecule has 1 N–H and O–H groups in total. The van der Waals surface area contributed by atoms with Crippen LogP contribution in [0.2, 0.25) is 0 Å². The smallest absolute Gasteiger partial charge is 0.257 e. The van der Waals surface area contributed by atoms with Crippen molar-refractivity contribution in [1.29, 1.82) is 0 Å². The van der Waals surface area contributed by atoms with Crippen molar-refractivity contribution in [3.8, 4) is 5.75 Å². The number of hydrogen-bond acceptors (Lipinski definition) is 6. The summed E-state index contributed by atoms with van der Waals surface area (Å²) in [6.07, 6.45) is 1.03. The third-order valence-electron chi connectivity index (χ3n) is 5.73. The minimum atomic E-state index is -3.58. The van der Waals surface area contributed by atoms with Crippen LogP contribution >= 0.6 is 11.3 Å². The van der Waals surface area contributed by atoms with Crippen molar-refractivity contribution in [2.45, 2.75) is 32.1 Å². The number of rotatable bonds is 5. The maximum atomic E-state index is 13.0. The van der Waals surface area contributed by atoms with Gasteiger partial charge in [-0.3, -0.25) is 10.1 Å². The van der Waals surface area contributed by atoms with E-state index in [4.69, 9.17) is 4.74 Å². The lowest BCUT2D eigenvalue weighted by Crippen LogP contribution is -2.42. The number of piperidine rings is 1. The molecule has 1 saturated heterocycles. The number of anilines is 1. The van der Waals surface area contributed by atoms with Crippen molar-refractivity contribution in [3.05, 3.63) is 47.5 Å². The maximum absolute atomic E-state index is 13.0. The molecule has 0 unspecified atom stereocenters. The molecule has 2 heterocycles. The van der Waals surface area contributed by atoms with E-state index < -0.39 is 10.0 Å². The largest absolute Gasteiger partial charge is 0.494 e. The van der Waals surface area contributed by atoms with E-state index in [-0.39, 0.29) is 10.8 Å². The van der Waals surface area contributed by atoms with E-state index in [1.54, 1.807) is 11.4 Å². The number of amides is 1. The van der Waals surface area contributed by atoms with Gasteiger partial charge in [-0.2, -0.15) is 4.31 Å². The Morgan fingerprint density at radius 3 is 2.41 bits per heavy atom. The van der Waals surface area contributed by atoms with Gasteiger partial charge in [0.05, 0.1) is 16.7 Å². The van der Waals surface area contributed by atoms with Crippen molar-refractivity contribution in [1.82, 2.24) is 9.29 Å². The number of thiazole rings is 1. The molecule has 3 aromatic rings. The van der Waals surface area contributed by atoms with Gasteiger partial charge in [-0.05, 0) is 61.1 Å². The molecule has 7 nitrogen and oxygen atoms in total. The first-order chi connectivity index (χ1) is 15.2. The summed E-state index contributed by atoms with van der Waals surface area (Å²) in [5.41, 5.74) is 2.13. The Morgan fingerprint density at radius 1 is 1.12 bits per heavy atom. The highest BCUT2D eigenvalue weighted by Crippen LogP contribution is 2.35. The van der Waals surface area contributed by atoms with Crippen molar-refractivity contribution in [3.63, 3.8) is 0 Å². The lowest BCUT2D eigenvalue weighted by atomic mass is 9.94. The van der Waals surface area contributed by atoms with E-state index in [1.165, 1.54) is 35.6 Å². The predicted octanol–water partition coefficient (Wildman–Crippen LogP) is 4.53. The molecule has 9 heteroatoms. The fourth-order valence-electron chi connectivity index (χ4n) is 4.23. The number of nitrogens with zero attached hydrogens (tertiary/aromatic N) is 2. The van der Waals surface area contributed by atoms with Crippen LogP contribution in [0.25, 0.3) is 10.2 Å². The first-order valence-electron chi connectivity index (χ1n) is 10.5. The lowest BCUT2D eigenvalue weighted by Gasteiger charge is -2.34. The van der Waals surface area contributed by atoms with Gasteiger partial charge in [0, 0.05) is 18.7 Å². The highest BCUT2D eigenvalue weighted by atomic mass is 32.2. The summed E-state index contributed by atoms with van der Waals surface area (Å²) >= 11 is 1.38. The summed E-state index contributed by atoms with van der Waals surface area (Å²) < 4.78 is 34.0. The third kappa shape index (κ3) is 4.37. The monoisotopic (exact) mass is 473 g/mol. The van der Waals surface area contributed by atoms with Gasteiger partial charge in [-0.15, -0.1) is 0 Å². The van der Waals surface area contributed by atoms with Gasteiger partial charge in [0.2, 0.25) is 10.0 Å². The van der Waals surface area contributed by atoms with Crippen molar-refractivity contribution in [2.24, 2.45) is 11.8 Å². The lowest BCUT2D eigenvalue weighted by molar-refractivity contribution is 0.102. The van der Waals surface area contributed by atoms with Crippen LogP contribution in [-0.4, -0.2) is 43.8 Å². The van der Waals surface area contributed by atoms with E-state index >= 15 is 0 Å². The van der Waals surface area contributed by atoms with Gasteiger partial charge >= 0.3 is 0 Å². The van der Waals surface area contributed by atoms with E-state index in [1.807, 2.05) is 19.1 Å². The summed E-state index contributed by atoms with van der Waals surface area (Å²) in [5, 5.41) is 3.28. The fraction of sp³-hybridized carbons (Fsp3) is 0.391. The Balaban J connectivity index is 1.52. The van der Waals surface area contributed by atoms with Gasteiger partial charge in [0.15, 0.2) is 5.13 Å². The molecule has 4 rings (SSSR count). The molecule has 1 fully saturated rings. The second-order valence-corrected chi connectivity index (χ2v) is 11.5. The Hall–Kier alpha value is -2.49. The van der Waals surface area contributed by atoms with Gasteiger partial charge in [-0.25, -0.2) is 13.4 Å². The molecular formula is C23H27N3O4S2. The molecule has 2 atom stereocenters. The van der Waals surface area contributed by atoms with Crippen molar-refractivity contribution < 1.29 is 17.9 Å². The first kappa shape index (κ1) is 22.7. The van der Waals surface area contributed by atoms with Gasteiger partial charge in [0.1, 0.15) is 11.3 Å². The quantitative estimate of drug-likeness (QED) is 0.588. The topological polar surface area (TPSA) is 88.6 Å². The number of aromatic nitrogens is 1. The van der Waals surface area contributed by atoms with Crippen molar-refractivity contribution >= 4 is 42.6 Å². The minimum Gasteiger partial charge on any atom is -0.494 e. The molecule has 170 valence electrons. The number of nitrogens with one attached hydrogen (secondary N) is 1. The number of hydrogen-bond donors (Lipinski definition) is 1. The summed E-state index contributed by atoms with van der Waals surface area (Å²) in [5.74, 6) is 0.965. The molecule has 2 aromatic carbocycles. The number of aryl methyl sites for hydroxylation is 1. The number of sulfonamides is 1. The normalized spacial score (nSPS) is 19.8. The van der Waals surface area contributed by atoms with Crippen LogP contribution in [0.3, 0.4) is 0 Å². The molecule has 1 amide bonds. The van der Waals surface area contributed by atoms with Crippen LogP contribution in [0.1, 0.15) is 36.2 Å².